The van der Waals surface area contributed by atoms with Crippen LogP contribution in [0.4, 0.5) is 0 Å². The number of hydrogen-bond acceptors (Lipinski definition) is 3. The van der Waals surface area contributed by atoms with E-state index in [-0.39, 0.29) is 11.6 Å². The predicted octanol–water partition coefficient (Wildman–Crippen LogP) is 2.50. The van der Waals surface area contributed by atoms with E-state index in [2.05, 4.69) is 39.6 Å². The van der Waals surface area contributed by atoms with Gasteiger partial charge < -0.3 is 15.4 Å². The minimum atomic E-state index is -0.244. The van der Waals surface area contributed by atoms with Crippen LogP contribution in [0.5, 0.6) is 0 Å². The van der Waals surface area contributed by atoms with Crippen LogP contribution in [0, 0.1) is 5.41 Å². The summed E-state index contributed by atoms with van der Waals surface area (Å²) >= 11 is 0. The summed E-state index contributed by atoms with van der Waals surface area (Å²) in [6.45, 7) is 14.2. The highest BCUT2D eigenvalue weighted by Gasteiger charge is 2.28. The van der Waals surface area contributed by atoms with Gasteiger partial charge in [0.2, 0.25) is 0 Å². The predicted molar refractivity (Wildman–Crippen MR) is 75.2 cm³/mol. The first-order valence-electron chi connectivity index (χ1n) is 6.53. The highest BCUT2D eigenvalue weighted by Crippen LogP contribution is 2.23. The molecule has 0 aromatic carbocycles. The van der Waals surface area contributed by atoms with Crippen LogP contribution in [0.2, 0.25) is 0 Å². The summed E-state index contributed by atoms with van der Waals surface area (Å²) < 4.78 is 5.42. The summed E-state index contributed by atoms with van der Waals surface area (Å²) in [5.74, 6) is 0. The molecule has 17 heavy (non-hydrogen) atoms. The van der Waals surface area contributed by atoms with E-state index in [1.165, 1.54) is 0 Å². The SMILES string of the molecule is COC(C)(C)C(N)CCN(C)C(C)C(C)(C)C. The maximum absolute atomic E-state index is 6.17. The van der Waals surface area contributed by atoms with Crippen molar-refractivity contribution in [3.05, 3.63) is 0 Å². The lowest BCUT2D eigenvalue weighted by molar-refractivity contribution is -0.00510. The van der Waals surface area contributed by atoms with E-state index in [0.29, 0.717) is 11.5 Å². The van der Waals surface area contributed by atoms with Crippen molar-refractivity contribution in [3.8, 4) is 0 Å². The quantitative estimate of drug-likeness (QED) is 0.780. The fraction of sp³-hybridized carbons (Fsp3) is 1.00. The zero-order chi connectivity index (χ0) is 13.9. The molecule has 0 heterocycles. The molecule has 0 amide bonds. The third kappa shape index (κ3) is 5.36. The molecule has 0 aliphatic heterocycles. The van der Waals surface area contributed by atoms with Gasteiger partial charge in [-0.3, -0.25) is 0 Å². The molecule has 0 fully saturated rings. The molecule has 0 aromatic rings. The number of nitrogens with two attached hydrogens (primary N) is 1. The van der Waals surface area contributed by atoms with E-state index in [1.54, 1.807) is 7.11 Å². The fourth-order valence-electron chi connectivity index (χ4n) is 1.70. The molecule has 2 N–H and O–H groups in total. The average molecular weight is 244 g/mol. The van der Waals surface area contributed by atoms with Crippen molar-refractivity contribution in [2.24, 2.45) is 11.1 Å². The average Bonchev–Trinajstić information content (AvgIpc) is 2.22. The summed E-state index contributed by atoms with van der Waals surface area (Å²) in [7, 11) is 3.89. The molecular formula is C14H32N2O. The number of nitrogens with zero attached hydrogens (tertiary/aromatic N) is 1. The van der Waals surface area contributed by atoms with E-state index in [9.17, 15) is 0 Å². The lowest BCUT2D eigenvalue weighted by Crippen LogP contribution is -2.48. The molecule has 0 saturated carbocycles. The summed E-state index contributed by atoms with van der Waals surface area (Å²) in [5.41, 5.74) is 6.22. The summed E-state index contributed by atoms with van der Waals surface area (Å²) in [4.78, 5) is 2.38. The first kappa shape index (κ1) is 16.9. The molecule has 0 spiro atoms. The van der Waals surface area contributed by atoms with Crippen LogP contribution in [0.15, 0.2) is 0 Å². The molecule has 0 aliphatic rings. The molecule has 3 heteroatoms. The van der Waals surface area contributed by atoms with Crippen molar-refractivity contribution in [1.82, 2.24) is 4.90 Å². The van der Waals surface area contributed by atoms with Gasteiger partial charge in [0.1, 0.15) is 0 Å². The lowest BCUT2D eigenvalue weighted by atomic mass is 9.87. The Labute approximate surface area is 108 Å². The Kier molecular flexibility index (Phi) is 6.12. The van der Waals surface area contributed by atoms with Gasteiger partial charge in [0.25, 0.3) is 0 Å². The molecule has 2 unspecified atom stereocenters. The lowest BCUT2D eigenvalue weighted by Gasteiger charge is -2.37. The van der Waals surface area contributed by atoms with Crippen molar-refractivity contribution >= 4 is 0 Å². The Morgan fingerprint density at radius 2 is 1.65 bits per heavy atom. The molecule has 0 aliphatic carbocycles. The third-order valence-corrected chi connectivity index (χ3v) is 4.13. The van der Waals surface area contributed by atoms with E-state index < -0.39 is 0 Å². The normalized spacial score (nSPS) is 17.3. The maximum atomic E-state index is 6.17. The molecule has 0 rings (SSSR count). The monoisotopic (exact) mass is 244 g/mol. The summed E-state index contributed by atoms with van der Waals surface area (Å²) in [5, 5.41) is 0. The Balaban J connectivity index is 4.21. The first-order valence-corrected chi connectivity index (χ1v) is 6.53. The molecule has 104 valence electrons. The standard InChI is InChI=1S/C14H32N2O/c1-11(13(2,3)4)16(7)10-9-12(15)14(5,6)17-8/h11-12H,9-10,15H2,1-8H3. The number of methoxy groups -OCH3 is 1. The van der Waals surface area contributed by atoms with Crippen molar-refractivity contribution in [1.29, 1.82) is 0 Å². The maximum Gasteiger partial charge on any atom is 0.0773 e. The highest BCUT2D eigenvalue weighted by atomic mass is 16.5. The van der Waals surface area contributed by atoms with Gasteiger partial charge in [0, 0.05) is 19.2 Å². The van der Waals surface area contributed by atoms with E-state index >= 15 is 0 Å². The van der Waals surface area contributed by atoms with Gasteiger partial charge >= 0.3 is 0 Å². The fourth-order valence-corrected chi connectivity index (χ4v) is 1.70. The van der Waals surface area contributed by atoms with Crippen molar-refractivity contribution < 1.29 is 4.74 Å². The highest BCUT2D eigenvalue weighted by molar-refractivity contribution is 4.84. The number of hydrogen-bond donors (Lipinski definition) is 1. The Hall–Kier alpha value is -0.120. The molecule has 0 bridgehead atoms. The van der Waals surface area contributed by atoms with Crippen LogP contribution in [-0.2, 0) is 4.74 Å². The second kappa shape index (κ2) is 6.17. The second-order valence-corrected chi connectivity index (χ2v) is 6.73. The van der Waals surface area contributed by atoms with Crippen LogP contribution >= 0.6 is 0 Å². The van der Waals surface area contributed by atoms with Gasteiger partial charge in [-0.1, -0.05) is 20.8 Å². The minimum absolute atomic E-state index is 0.0714. The molecule has 0 aromatic heterocycles. The Morgan fingerprint density at radius 3 is 2.00 bits per heavy atom. The van der Waals surface area contributed by atoms with E-state index in [0.717, 1.165) is 13.0 Å². The van der Waals surface area contributed by atoms with Gasteiger partial charge in [-0.15, -0.1) is 0 Å². The largest absolute Gasteiger partial charge is 0.377 e. The topological polar surface area (TPSA) is 38.5 Å². The molecule has 0 saturated heterocycles. The minimum Gasteiger partial charge on any atom is -0.377 e. The summed E-state index contributed by atoms with van der Waals surface area (Å²) in [6, 6.07) is 0.613. The van der Waals surface area contributed by atoms with Crippen molar-refractivity contribution in [2.45, 2.75) is 65.6 Å². The third-order valence-electron chi connectivity index (χ3n) is 4.13. The first-order chi connectivity index (χ1) is 7.52. The zero-order valence-electron chi connectivity index (χ0n) is 13.0. The van der Waals surface area contributed by atoms with Crippen LogP contribution in [0.3, 0.4) is 0 Å². The van der Waals surface area contributed by atoms with Gasteiger partial charge in [0.05, 0.1) is 5.60 Å². The van der Waals surface area contributed by atoms with Crippen LogP contribution in [0.1, 0.15) is 48.0 Å². The molecular weight excluding hydrogens is 212 g/mol. The van der Waals surface area contributed by atoms with Crippen molar-refractivity contribution in [3.63, 3.8) is 0 Å². The van der Waals surface area contributed by atoms with Gasteiger partial charge in [0.15, 0.2) is 0 Å². The Morgan fingerprint density at radius 1 is 1.18 bits per heavy atom. The van der Waals surface area contributed by atoms with Crippen LogP contribution < -0.4 is 5.73 Å². The number of rotatable bonds is 6. The molecule has 2 atom stereocenters. The number of ether oxygens (including phenoxy) is 1. The zero-order valence-corrected chi connectivity index (χ0v) is 13.0. The second-order valence-electron chi connectivity index (χ2n) is 6.73. The van der Waals surface area contributed by atoms with E-state index in [4.69, 9.17) is 10.5 Å². The van der Waals surface area contributed by atoms with Crippen molar-refractivity contribution in [2.75, 3.05) is 20.7 Å². The van der Waals surface area contributed by atoms with Gasteiger partial charge in [-0.25, -0.2) is 0 Å². The van der Waals surface area contributed by atoms with Gasteiger partial charge in [-0.2, -0.15) is 0 Å². The van der Waals surface area contributed by atoms with E-state index in [1.807, 2.05) is 13.8 Å². The smallest absolute Gasteiger partial charge is 0.0773 e. The van der Waals surface area contributed by atoms with Crippen LogP contribution in [-0.4, -0.2) is 43.3 Å². The summed E-state index contributed by atoms with van der Waals surface area (Å²) in [6.07, 6.45) is 0.956. The van der Waals surface area contributed by atoms with Crippen LogP contribution in [0.25, 0.3) is 0 Å². The Bertz CT molecular complexity index is 221. The van der Waals surface area contributed by atoms with Gasteiger partial charge in [-0.05, 0) is 46.2 Å². The molecule has 3 nitrogen and oxygen atoms in total. The molecule has 0 radical (unpaired) electrons.